The van der Waals surface area contributed by atoms with Gasteiger partial charge >= 0.3 is 0 Å². The molecule has 3 nitrogen and oxygen atoms in total. The van der Waals surface area contributed by atoms with Gasteiger partial charge in [0.2, 0.25) is 0 Å². The maximum Gasteiger partial charge on any atom is 0.255 e. The zero-order valence-electron chi connectivity index (χ0n) is 9.62. The van der Waals surface area contributed by atoms with Gasteiger partial charge in [0.05, 0.1) is 6.61 Å². The Kier molecular flexibility index (Phi) is 4.56. The van der Waals surface area contributed by atoms with E-state index in [9.17, 15) is 4.79 Å². The van der Waals surface area contributed by atoms with E-state index >= 15 is 0 Å². The first kappa shape index (κ1) is 12.3. The summed E-state index contributed by atoms with van der Waals surface area (Å²) < 4.78 is 6.80. The van der Waals surface area contributed by atoms with Crippen molar-refractivity contribution in [2.24, 2.45) is 7.05 Å². The van der Waals surface area contributed by atoms with Gasteiger partial charge in [-0.05, 0) is 24.6 Å². The minimum Gasteiger partial charge on any atom is -0.364 e. The number of allylic oxidation sites excluding steroid dienone is 1. The summed E-state index contributed by atoms with van der Waals surface area (Å²) >= 11 is 0. The molecule has 84 valence electrons. The molecular formula is C13H15NO2. The summed E-state index contributed by atoms with van der Waals surface area (Å²) in [7, 11) is 1.71. The van der Waals surface area contributed by atoms with Crippen molar-refractivity contribution in [3.05, 3.63) is 46.4 Å². The fraction of sp³-hybridized carbons (Fsp3) is 0.308. The van der Waals surface area contributed by atoms with Gasteiger partial charge in [-0.25, -0.2) is 0 Å². The second-order valence-electron chi connectivity index (χ2n) is 3.52. The standard InChI is InChI=1S/C13H15NO2/c1-11(2)6-5-9-16-10-12-7-4-8-14(3)13(12)15/h4,7-8H,1,9-10H2,2-3H3. The molecule has 0 N–H and O–H groups in total. The number of nitrogens with zero attached hydrogens (tertiary/aromatic N) is 1. The molecule has 0 atom stereocenters. The summed E-state index contributed by atoms with van der Waals surface area (Å²) in [6.45, 7) is 6.09. The number of hydrogen-bond acceptors (Lipinski definition) is 2. The van der Waals surface area contributed by atoms with Crippen molar-refractivity contribution in [3.8, 4) is 11.8 Å². The van der Waals surface area contributed by atoms with Gasteiger partial charge in [0.25, 0.3) is 5.56 Å². The van der Waals surface area contributed by atoms with Crippen LogP contribution >= 0.6 is 0 Å². The molecule has 1 aromatic heterocycles. The van der Waals surface area contributed by atoms with Gasteiger partial charge in [-0.2, -0.15) is 0 Å². The normalized spacial score (nSPS) is 9.38. The first-order valence-corrected chi connectivity index (χ1v) is 4.98. The zero-order chi connectivity index (χ0) is 12.0. The molecular weight excluding hydrogens is 202 g/mol. The van der Waals surface area contributed by atoms with E-state index < -0.39 is 0 Å². The topological polar surface area (TPSA) is 31.2 Å². The summed E-state index contributed by atoms with van der Waals surface area (Å²) in [6, 6.07) is 3.58. The molecule has 0 radical (unpaired) electrons. The average Bonchev–Trinajstić information content (AvgIpc) is 2.23. The highest BCUT2D eigenvalue weighted by atomic mass is 16.5. The van der Waals surface area contributed by atoms with E-state index in [0.29, 0.717) is 18.8 Å². The molecule has 0 aliphatic carbocycles. The molecule has 0 aliphatic rings. The number of rotatable bonds is 3. The molecule has 0 unspecified atom stereocenters. The molecule has 1 rings (SSSR count). The molecule has 0 fully saturated rings. The molecule has 3 heteroatoms. The van der Waals surface area contributed by atoms with Crippen LogP contribution in [0.3, 0.4) is 0 Å². The fourth-order valence-electron chi connectivity index (χ4n) is 1.16. The van der Waals surface area contributed by atoms with Crippen molar-refractivity contribution in [2.45, 2.75) is 13.5 Å². The number of hydrogen-bond donors (Lipinski definition) is 0. The van der Waals surface area contributed by atoms with Crippen LogP contribution in [0, 0.1) is 11.8 Å². The minimum absolute atomic E-state index is 0.0321. The molecule has 1 heterocycles. The van der Waals surface area contributed by atoms with E-state index in [-0.39, 0.29) is 5.56 Å². The Morgan fingerprint density at radius 2 is 2.38 bits per heavy atom. The average molecular weight is 217 g/mol. The third-order valence-electron chi connectivity index (χ3n) is 1.94. The molecule has 0 aliphatic heterocycles. The van der Waals surface area contributed by atoms with Gasteiger partial charge in [0.15, 0.2) is 0 Å². The monoisotopic (exact) mass is 217 g/mol. The lowest BCUT2D eigenvalue weighted by molar-refractivity contribution is 0.152. The van der Waals surface area contributed by atoms with Crippen molar-refractivity contribution in [2.75, 3.05) is 6.61 Å². The summed E-state index contributed by atoms with van der Waals surface area (Å²) in [5.74, 6) is 5.61. The van der Waals surface area contributed by atoms with Crippen LogP contribution in [-0.4, -0.2) is 11.2 Å². The summed E-state index contributed by atoms with van der Waals surface area (Å²) in [4.78, 5) is 11.6. The summed E-state index contributed by atoms with van der Waals surface area (Å²) in [6.07, 6.45) is 1.71. The van der Waals surface area contributed by atoms with Gasteiger partial charge in [-0.15, -0.1) is 0 Å². The Balaban J connectivity index is 2.51. The van der Waals surface area contributed by atoms with Crippen LogP contribution in [0.15, 0.2) is 35.3 Å². The van der Waals surface area contributed by atoms with Crippen LogP contribution < -0.4 is 5.56 Å². The Morgan fingerprint density at radius 3 is 3.06 bits per heavy atom. The van der Waals surface area contributed by atoms with Crippen molar-refractivity contribution in [1.29, 1.82) is 0 Å². The van der Waals surface area contributed by atoms with Crippen LogP contribution in [0.25, 0.3) is 0 Å². The van der Waals surface area contributed by atoms with E-state index in [1.807, 2.05) is 13.0 Å². The Bertz CT molecular complexity index is 489. The lowest BCUT2D eigenvalue weighted by Crippen LogP contribution is -2.20. The predicted molar refractivity (Wildman–Crippen MR) is 63.9 cm³/mol. The molecule has 16 heavy (non-hydrogen) atoms. The molecule has 0 amide bonds. The lowest BCUT2D eigenvalue weighted by atomic mass is 10.3. The van der Waals surface area contributed by atoms with E-state index in [1.54, 1.807) is 19.3 Å². The van der Waals surface area contributed by atoms with E-state index in [2.05, 4.69) is 18.4 Å². The van der Waals surface area contributed by atoms with E-state index in [0.717, 1.165) is 5.57 Å². The van der Waals surface area contributed by atoms with E-state index in [4.69, 9.17) is 4.74 Å². The van der Waals surface area contributed by atoms with Gasteiger partial charge in [0, 0.05) is 18.8 Å². The van der Waals surface area contributed by atoms with Gasteiger partial charge in [-0.3, -0.25) is 4.79 Å². The first-order valence-electron chi connectivity index (χ1n) is 4.98. The van der Waals surface area contributed by atoms with Crippen LogP contribution in [0.1, 0.15) is 12.5 Å². The molecule has 0 spiro atoms. The Morgan fingerprint density at radius 1 is 1.62 bits per heavy atom. The van der Waals surface area contributed by atoms with Crippen molar-refractivity contribution >= 4 is 0 Å². The minimum atomic E-state index is -0.0321. The quantitative estimate of drug-likeness (QED) is 0.567. The Labute approximate surface area is 95.4 Å². The third kappa shape index (κ3) is 3.76. The third-order valence-corrected chi connectivity index (χ3v) is 1.94. The highest BCUT2D eigenvalue weighted by molar-refractivity contribution is 5.23. The van der Waals surface area contributed by atoms with Crippen molar-refractivity contribution < 1.29 is 4.74 Å². The summed E-state index contributed by atoms with van der Waals surface area (Å²) in [5, 5.41) is 0. The van der Waals surface area contributed by atoms with Crippen LogP contribution in [-0.2, 0) is 18.4 Å². The lowest BCUT2D eigenvalue weighted by Gasteiger charge is -2.02. The highest BCUT2D eigenvalue weighted by Crippen LogP contribution is 1.93. The zero-order valence-corrected chi connectivity index (χ0v) is 9.62. The van der Waals surface area contributed by atoms with Gasteiger partial charge in [-0.1, -0.05) is 18.4 Å². The maximum atomic E-state index is 11.6. The van der Waals surface area contributed by atoms with Crippen LogP contribution in [0.5, 0.6) is 0 Å². The molecule has 0 aromatic carbocycles. The van der Waals surface area contributed by atoms with Crippen molar-refractivity contribution in [3.63, 3.8) is 0 Å². The molecule has 1 aromatic rings. The first-order chi connectivity index (χ1) is 7.61. The Hall–Kier alpha value is -1.79. The number of pyridine rings is 1. The maximum absolute atomic E-state index is 11.6. The molecule has 0 saturated heterocycles. The van der Waals surface area contributed by atoms with Crippen LogP contribution in [0.4, 0.5) is 0 Å². The second-order valence-corrected chi connectivity index (χ2v) is 3.52. The second kappa shape index (κ2) is 5.94. The van der Waals surface area contributed by atoms with Crippen LogP contribution in [0.2, 0.25) is 0 Å². The number of aromatic nitrogens is 1. The number of ether oxygens (including phenoxy) is 1. The van der Waals surface area contributed by atoms with Crippen molar-refractivity contribution in [1.82, 2.24) is 4.57 Å². The smallest absolute Gasteiger partial charge is 0.255 e. The molecule has 0 bridgehead atoms. The highest BCUT2D eigenvalue weighted by Gasteiger charge is 1.99. The number of aryl methyl sites for hydroxylation is 1. The van der Waals surface area contributed by atoms with Gasteiger partial charge < -0.3 is 9.30 Å². The SMILES string of the molecule is C=C(C)C#CCOCc1cccn(C)c1=O. The van der Waals surface area contributed by atoms with Gasteiger partial charge in [0.1, 0.15) is 6.61 Å². The predicted octanol–water partition coefficient (Wildman–Crippen LogP) is 1.48. The fourth-order valence-corrected chi connectivity index (χ4v) is 1.16. The van der Waals surface area contributed by atoms with E-state index in [1.165, 1.54) is 4.57 Å². The largest absolute Gasteiger partial charge is 0.364 e. The summed E-state index contributed by atoms with van der Waals surface area (Å²) in [5.41, 5.74) is 1.41. The molecule has 0 saturated carbocycles.